The van der Waals surface area contributed by atoms with Gasteiger partial charge in [0.2, 0.25) is 5.91 Å². The van der Waals surface area contributed by atoms with Crippen LogP contribution in [-0.2, 0) is 16.0 Å². The number of benzene rings is 1. The summed E-state index contributed by atoms with van der Waals surface area (Å²) in [5.41, 5.74) is 0.863. The predicted molar refractivity (Wildman–Crippen MR) is 70.1 cm³/mol. The van der Waals surface area contributed by atoms with E-state index in [9.17, 15) is 9.59 Å². The van der Waals surface area contributed by atoms with E-state index in [-0.39, 0.29) is 18.2 Å². The zero-order chi connectivity index (χ0) is 13.1. The Kier molecular flexibility index (Phi) is 4.01. The Bertz CT molecular complexity index is 471. The van der Waals surface area contributed by atoms with Crippen LogP contribution < -0.4 is 5.32 Å². The summed E-state index contributed by atoms with van der Waals surface area (Å²) in [6.45, 7) is 0. The number of aliphatic carboxylic acids is 1. The number of hydrogen-bond acceptors (Lipinski definition) is 2. The van der Waals surface area contributed by atoms with Gasteiger partial charge in [-0.1, -0.05) is 28.1 Å². The fourth-order valence-corrected chi connectivity index (χ4v) is 2.31. The van der Waals surface area contributed by atoms with Gasteiger partial charge in [0.1, 0.15) is 6.04 Å². The first-order valence-corrected chi connectivity index (χ1v) is 6.62. The number of amides is 1. The molecule has 1 amide bonds. The zero-order valence-corrected chi connectivity index (χ0v) is 11.3. The van der Waals surface area contributed by atoms with Crippen LogP contribution in [0, 0.1) is 5.92 Å². The van der Waals surface area contributed by atoms with Crippen LogP contribution in [0.25, 0.3) is 0 Å². The second-order valence-electron chi connectivity index (χ2n) is 4.53. The van der Waals surface area contributed by atoms with Crippen LogP contribution in [0.1, 0.15) is 18.4 Å². The van der Waals surface area contributed by atoms with Crippen molar-refractivity contribution < 1.29 is 14.7 Å². The number of hydrogen-bond donors (Lipinski definition) is 2. The van der Waals surface area contributed by atoms with Crippen molar-refractivity contribution >= 4 is 27.8 Å². The van der Waals surface area contributed by atoms with E-state index >= 15 is 0 Å². The quantitative estimate of drug-likeness (QED) is 0.873. The number of carbonyl (C=O) groups excluding carboxylic acids is 1. The molecule has 1 aromatic rings. The van der Waals surface area contributed by atoms with E-state index in [0.29, 0.717) is 0 Å². The fourth-order valence-electron chi connectivity index (χ4n) is 1.87. The smallest absolute Gasteiger partial charge is 0.326 e. The van der Waals surface area contributed by atoms with Crippen molar-refractivity contribution in [1.29, 1.82) is 0 Å². The Labute approximate surface area is 114 Å². The van der Waals surface area contributed by atoms with Gasteiger partial charge in [-0.3, -0.25) is 4.79 Å². The van der Waals surface area contributed by atoms with Crippen molar-refractivity contribution in [2.45, 2.75) is 25.3 Å². The summed E-state index contributed by atoms with van der Waals surface area (Å²) in [6, 6.07) is 6.70. The molecule has 0 bridgehead atoms. The van der Waals surface area contributed by atoms with Gasteiger partial charge in [0, 0.05) is 4.47 Å². The van der Waals surface area contributed by atoms with Gasteiger partial charge < -0.3 is 10.4 Å². The molecular formula is C13H14BrNO3. The highest BCUT2D eigenvalue weighted by Crippen LogP contribution is 2.32. The Morgan fingerprint density at radius 2 is 2.17 bits per heavy atom. The Morgan fingerprint density at radius 3 is 2.72 bits per heavy atom. The van der Waals surface area contributed by atoms with E-state index in [0.717, 1.165) is 22.9 Å². The number of carboxylic acid groups (broad SMARTS) is 1. The second kappa shape index (κ2) is 5.52. The van der Waals surface area contributed by atoms with Crippen molar-refractivity contribution in [3.63, 3.8) is 0 Å². The summed E-state index contributed by atoms with van der Waals surface area (Å²) in [4.78, 5) is 22.8. The van der Waals surface area contributed by atoms with Crippen molar-refractivity contribution in [3.8, 4) is 0 Å². The van der Waals surface area contributed by atoms with E-state index in [1.807, 2.05) is 24.3 Å². The van der Waals surface area contributed by atoms with Crippen molar-refractivity contribution in [2.75, 3.05) is 0 Å². The van der Waals surface area contributed by atoms with Gasteiger partial charge in [0.15, 0.2) is 0 Å². The fraction of sp³-hybridized carbons (Fsp3) is 0.385. The van der Waals surface area contributed by atoms with Gasteiger partial charge in [-0.05, 0) is 36.5 Å². The molecule has 96 valence electrons. The lowest BCUT2D eigenvalue weighted by molar-refractivity contribution is -0.142. The molecule has 0 aromatic heterocycles. The summed E-state index contributed by atoms with van der Waals surface area (Å²) in [6.07, 6.45) is 1.97. The maximum Gasteiger partial charge on any atom is 0.326 e. The molecule has 0 saturated heterocycles. The zero-order valence-electron chi connectivity index (χ0n) is 9.73. The standard InChI is InChI=1S/C13H14BrNO3/c14-10-3-1-2-8(6-10)7-11(16)15-12(13(17)18)9-4-5-9/h1-3,6,9,12H,4-5,7H2,(H,15,16)(H,17,18). The minimum Gasteiger partial charge on any atom is -0.480 e. The van der Waals surface area contributed by atoms with Crippen LogP contribution in [-0.4, -0.2) is 23.0 Å². The average molecular weight is 312 g/mol. The lowest BCUT2D eigenvalue weighted by Gasteiger charge is -2.13. The number of rotatable bonds is 5. The molecule has 1 unspecified atom stereocenters. The van der Waals surface area contributed by atoms with E-state index in [4.69, 9.17) is 5.11 Å². The molecule has 1 fully saturated rings. The average Bonchev–Trinajstić information content (AvgIpc) is 3.09. The van der Waals surface area contributed by atoms with Crippen LogP contribution in [0.2, 0.25) is 0 Å². The molecule has 1 aliphatic rings. The van der Waals surface area contributed by atoms with Gasteiger partial charge in [-0.15, -0.1) is 0 Å². The highest BCUT2D eigenvalue weighted by Gasteiger charge is 2.37. The molecule has 0 heterocycles. The molecular weight excluding hydrogens is 298 g/mol. The topological polar surface area (TPSA) is 66.4 Å². The van der Waals surface area contributed by atoms with Crippen LogP contribution in [0.4, 0.5) is 0 Å². The number of carboxylic acids is 1. The molecule has 2 N–H and O–H groups in total. The number of carbonyl (C=O) groups is 2. The minimum absolute atomic E-state index is 0.106. The van der Waals surface area contributed by atoms with Crippen LogP contribution in [0.5, 0.6) is 0 Å². The number of nitrogens with one attached hydrogen (secondary N) is 1. The van der Waals surface area contributed by atoms with Crippen molar-refractivity contribution in [2.24, 2.45) is 5.92 Å². The van der Waals surface area contributed by atoms with E-state index in [1.54, 1.807) is 0 Å². The van der Waals surface area contributed by atoms with Gasteiger partial charge >= 0.3 is 5.97 Å². The Hall–Kier alpha value is -1.36. The molecule has 0 aliphatic heterocycles. The normalized spacial score (nSPS) is 16.1. The summed E-state index contributed by atoms with van der Waals surface area (Å²) < 4.78 is 0.907. The summed E-state index contributed by atoms with van der Waals surface area (Å²) in [7, 11) is 0. The first-order valence-electron chi connectivity index (χ1n) is 5.83. The number of halogens is 1. The highest BCUT2D eigenvalue weighted by molar-refractivity contribution is 9.10. The maximum absolute atomic E-state index is 11.8. The monoisotopic (exact) mass is 311 g/mol. The third kappa shape index (κ3) is 3.57. The van der Waals surface area contributed by atoms with E-state index in [1.165, 1.54) is 0 Å². The molecule has 2 rings (SSSR count). The molecule has 0 radical (unpaired) electrons. The van der Waals surface area contributed by atoms with Crippen molar-refractivity contribution in [1.82, 2.24) is 5.32 Å². The lowest BCUT2D eigenvalue weighted by atomic mass is 10.1. The Morgan fingerprint density at radius 1 is 1.44 bits per heavy atom. The maximum atomic E-state index is 11.8. The predicted octanol–water partition coefficient (Wildman–Crippen LogP) is 1.97. The highest BCUT2D eigenvalue weighted by atomic mass is 79.9. The second-order valence-corrected chi connectivity index (χ2v) is 5.44. The third-order valence-electron chi connectivity index (χ3n) is 2.93. The van der Waals surface area contributed by atoms with Gasteiger partial charge in [0.05, 0.1) is 6.42 Å². The molecule has 0 spiro atoms. The largest absolute Gasteiger partial charge is 0.480 e. The summed E-state index contributed by atoms with van der Waals surface area (Å²) >= 11 is 3.33. The van der Waals surface area contributed by atoms with E-state index in [2.05, 4.69) is 21.2 Å². The van der Waals surface area contributed by atoms with Gasteiger partial charge in [-0.25, -0.2) is 4.79 Å². The first-order chi connectivity index (χ1) is 8.56. The van der Waals surface area contributed by atoms with E-state index < -0.39 is 12.0 Å². The van der Waals surface area contributed by atoms with Crippen LogP contribution in [0.15, 0.2) is 28.7 Å². The summed E-state index contributed by atoms with van der Waals surface area (Å²) in [5, 5.41) is 11.6. The van der Waals surface area contributed by atoms with Crippen molar-refractivity contribution in [3.05, 3.63) is 34.3 Å². The molecule has 4 nitrogen and oxygen atoms in total. The van der Waals surface area contributed by atoms with Gasteiger partial charge in [-0.2, -0.15) is 0 Å². The molecule has 5 heteroatoms. The first kappa shape index (κ1) is 13.1. The van der Waals surface area contributed by atoms with Crippen LogP contribution >= 0.6 is 15.9 Å². The third-order valence-corrected chi connectivity index (χ3v) is 3.42. The lowest BCUT2D eigenvalue weighted by Crippen LogP contribution is -2.43. The summed E-state index contributed by atoms with van der Waals surface area (Å²) in [5.74, 6) is -1.08. The molecule has 1 saturated carbocycles. The Balaban J connectivity index is 1.93. The molecule has 1 atom stereocenters. The van der Waals surface area contributed by atoms with Crippen LogP contribution in [0.3, 0.4) is 0 Å². The van der Waals surface area contributed by atoms with Gasteiger partial charge in [0.25, 0.3) is 0 Å². The molecule has 18 heavy (non-hydrogen) atoms. The SMILES string of the molecule is O=C(Cc1cccc(Br)c1)NC(C(=O)O)C1CC1. The minimum atomic E-state index is -0.944. The molecule has 1 aromatic carbocycles. The molecule has 1 aliphatic carbocycles.